The summed E-state index contributed by atoms with van der Waals surface area (Å²) in [6.45, 7) is 9.01. The second-order valence-electron chi connectivity index (χ2n) is 5.57. The van der Waals surface area contributed by atoms with E-state index in [2.05, 4.69) is 44.3 Å². The summed E-state index contributed by atoms with van der Waals surface area (Å²) in [6.07, 6.45) is 1.47. The maximum atomic E-state index is 12.3. The summed E-state index contributed by atoms with van der Waals surface area (Å²) in [5.41, 5.74) is 3.87. The Morgan fingerprint density at radius 3 is 2.89 bits per heavy atom. The first-order valence-electron chi connectivity index (χ1n) is 7.14. The summed E-state index contributed by atoms with van der Waals surface area (Å²) in [7, 11) is 0. The summed E-state index contributed by atoms with van der Waals surface area (Å²) in [4.78, 5) is 14.3. The number of rotatable bonds is 3. The van der Waals surface area contributed by atoms with Crippen LogP contribution < -0.4 is 5.32 Å². The van der Waals surface area contributed by atoms with E-state index >= 15 is 0 Å². The highest BCUT2D eigenvalue weighted by molar-refractivity contribution is 5.77. The van der Waals surface area contributed by atoms with Crippen LogP contribution in [0.25, 0.3) is 0 Å². The smallest absolute Gasteiger partial charge is 0.223 e. The molecule has 1 N–H and O–H groups in total. The van der Waals surface area contributed by atoms with Gasteiger partial charge >= 0.3 is 0 Å². The average molecular weight is 260 g/mol. The van der Waals surface area contributed by atoms with Gasteiger partial charge in [-0.3, -0.25) is 4.79 Å². The first kappa shape index (κ1) is 14.1. The number of amides is 1. The maximum Gasteiger partial charge on any atom is 0.223 e. The lowest BCUT2D eigenvalue weighted by Crippen LogP contribution is -2.52. The fourth-order valence-electron chi connectivity index (χ4n) is 2.72. The highest BCUT2D eigenvalue weighted by atomic mass is 16.2. The van der Waals surface area contributed by atoms with E-state index in [1.165, 1.54) is 16.7 Å². The first-order chi connectivity index (χ1) is 9.08. The lowest BCUT2D eigenvalue weighted by Gasteiger charge is -2.34. The molecule has 0 radical (unpaired) electrons. The van der Waals surface area contributed by atoms with Crippen LogP contribution >= 0.6 is 0 Å². The predicted octanol–water partition coefficient (Wildman–Crippen LogP) is 2.06. The Labute approximate surface area is 116 Å². The topological polar surface area (TPSA) is 32.3 Å². The van der Waals surface area contributed by atoms with Gasteiger partial charge in [0.15, 0.2) is 0 Å². The summed E-state index contributed by atoms with van der Waals surface area (Å²) < 4.78 is 0. The van der Waals surface area contributed by atoms with Crippen LogP contribution in [-0.4, -0.2) is 36.5 Å². The Bertz CT molecular complexity index is 456. The zero-order valence-electron chi connectivity index (χ0n) is 12.2. The molecule has 0 bridgehead atoms. The van der Waals surface area contributed by atoms with Crippen molar-refractivity contribution in [3.63, 3.8) is 0 Å². The normalized spacial score (nSPS) is 19.5. The zero-order valence-corrected chi connectivity index (χ0v) is 12.2. The van der Waals surface area contributed by atoms with Crippen LogP contribution in [0.3, 0.4) is 0 Å². The van der Waals surface area contributed by atoms with Gasteiger partial charge in [-0.2, -0.15) is 0 Å². The van der Waals surface area contributed by atoms with E-state index in [0.29, 0.717) is 12.5 Å². The van der Waals surface area contributed by atoms with Gasteiger partial charge in [0.1, 0.15) is 0 Å². The van der Waals surface area contributed by atoms with Gasteiger partial charge in [0.25, 0.3) is 0 Å². The van der Waals surface area contributed by atoms with Crippen molar-refractivity contribution in [1.29, 1.82) is 0 Å². The fourth-order valence-corrected chi connectivity index (χ4v) is 2.72. The molecular weight excluding hydrogens is 236 g/mol. The number of hydrogen-bond donors (Lipinski definition) is 1. The third-order valence-electron chi connectivity index (χ3n) is 3.93. The molecule has 3 nitrogen and oxygen atoms in total. The van der Waals surface area contributed by atoms with Crippen molar-refractivity contribution in [2.24, 2.45) is 0 Å². The molecule has 19 heavy (non-hydrogen) atoms. The first-order valence-corrected chi connectivity index (χ1v) is 7.14. The maximum absolute atomic E-state index is 12.3. The Kier molecular flexibility index (Phi) is 4.59. The Balaban J connectivity index is 1.92. The quantitative estimate of drug-likeness (QED) is 0.902. The van der Waals surface area contributed by atoms with E-state index in [1.807, 2.05) is 4.90 Å². The van der Waals surface area contributed by atoms with Crippen molar-refractivity contribution in [3.8, 4) is 0 Å². The summed E-state index contributed by atoms with van der Waals surface area (Å²) >= 11 is 0. The lowest BCUT2D eigenvalue weighted by molar-refractivity contribution is -0.133. The number of hydrogen-bond acceptors (Lipinski definition) is 2. The van der Waals surface area contributed by atoms with Crippen LogP contribution in [0.5, 0.6) is 0 Å². The van der Waals surface area contributed by atoms with Crippen molar-refractivity contribution in [2.75, 3.05) is 19.6 Å². The molecule has 0 aliphatic carbocycles. The van der Waals surface area contributed by atoms with Crippen LogP contribution in [0.15, 0.2) is 18.2 Å². The second-order valence-corrected chi connectivity index (χ2v) is 5.57. The molecule has 0 saturated carbocycles. The van der Waals surface area contributed by atoms with Crippen molar-refractivity contribution in [3.05, 3.63) is 34.9 Å². The van der Waals surface area contributed by atoms with Gasteiger partial charge < -0.3 is 10.2 Å². The molecule has 3 heteroatoms. The monoisotopic (exact) mass is 260 g/mol. The number of benzene rings is 1. The molecule has 1 atom stereocenters. The fraction of sp³-hybridized carbons (Fsp3) is 0.562. The standard InChI is InChI=1S/C16H24N2O/c1-12-4-5-15(13(2)10-12)6-7-16(19)18-9-8-17-11-14(18)3/h4-5,10,14,17H,6-9,11H2,1-3H3/t14-/m0/s1. The van der Waals surface area contributed by atoms with Gasteiger partial charge in [0, 0.05) is 32.1 Å². The van der Waals surface area contributed by atoms with Crippen molar-refractivity contribution < 1.29 is 4.79 Å². The van der Waals surface area contributed by atoms with Gasteiger partial charge in [0.05, 0.1) is 0 Å². The summed E-state index contributed by atoms with van der Waals surface area (Å²) in [6, 6.07) is 6.78. The molecule has 1 aromatic rings. The molecule has 1 heterocycles. The van der Waals surface area contributed by atoms with Crippen LogP contribution in [-0.2, 0) is 11.2 Å². The second kappa shape index (κ2) is 6.20. The van der Waals surface area contributed by atoms with Crippen molar-refractivity contribution in [2.45, 2.75) is 39.7 Å². The molecular formula is C16H24N2O. The highest BCUT2D eigenvalue weighted by Crippen LogP contribution is 2.14. The number of nitrogens with zero attached hydrogens (tertiary/aromatic N) is 1. The minimum atomic E-state index is 0.286. The number of piperazine rings is 1. The van der Waals surface area contributed by atoms with E-state index in [9.17, 15) is 4.79 Å². The molecule has 1 amide bonds. The average Bonchev–Trinajstić information content (AvgIpc) is 2.38. The SMILES string of the molecule is Cc1ccc(CCC(=O)N2CCNC[C@@H]2C)c(C)c1. The van der Waals surface area contributed by atoms with Gasteiger partial charge in [-0.25, -0.2) is 0 Å². The predicted molar refractivity (Wildman–Crippen MR) is 78.3 cm³/mol. The van der Waals surface area contributed by atoms with Crippen LogP contribution in [0.2, 0.25) is 0 Å². The van der Waals surface area contributed by atoms with Gasteiger partial charge in [-0.1, -0.05) is 23.8 Å². The largest absolute Gasteiger partial charge is 0.337 e. The van der Waals surface area contributed by atoms with Gasteiger partial charge in [0.2, 0.25) is 5.91 Å². The molecule has 1 saturated heterocycles. The molecule has 0 aromatic heterocycles. The Morgan fingerprint density at radius 2 is 2.21 bits per heavy atom. The number of aryl methyl sites for hydroxylation is 3. The van der Waals surface area contributed by atoms with Gasteiger partial charge in [-0.05, 0) is 38.3 Å². The van der Waals surface area contributed by atoms with Crippen molar-refractivity contribution in [1.82, 2.24) is 10.2 Å². The molecule has 0 spiro atoms. The number of carbonyl (C=O) groups is 1. The third-order valence-corrected chi connectivity index (χ3v) is 3.93. The minimum absolute atomic E-state index is 0.286. The molecule has 1 fully saturated rings. The molecule has 1 aliphatic rings. The van der Waals surface area contributed by atoms with E-state index < -0.39 is 0 Å². The van der Waals surface area contributed by atoms with Crippen molar-refractivity contribution >= 4 is 5.91 Å². The van der Waals surface area contributed by atoms with E-state index in [4.69, 9.17) is 0 Å². The third kappa shape index (κ3) is 3.57. The lowest BCUT2D eigenvalue weighted by atomic mass is 10.0. The van der Waals surface area contributed by atoms with Crippen LogP contribution in [0.4, 0.5) is 0 Å². The highest BCUT2D eigenvalue weighted by Gasteiger charge is 2.22. The van der Waals surface area contributed by atoms with Gasteiger partial charge in [-0.15, -0.1) is 0 Å². The summed E-state index contributed by atoms with van der Waals surface area (Å²) in [5, 5.41) is 3.31. The number of carbonyl (C=O) groups excluding carboxylic acids is 1. The number of nitrogens with one attached hydrogen (secondary N) is 1. The summed E-state index contributed by atoms with van der Waals surface area (Å²) in [5.74, 6) is 0.286. The minimum Gasteiger partial charge on any atom is -0.337 e. The Hall–Kier alpha value is -1.35. The molecule has 0 unspecified atom stereocenters. The van der Waals surface area contributed by atoms with Crippen LogP contribution in [0, 0.1) is 13.8 Å². The van der Waals surface area contributed by atoms with E-state index in [0.717, 1.165) is 26.1 Å². The van der Waals surface area contributed by atoms with Crippen LogP contribution in [0.1, 0.15) is 30.0 Å². The molecule has 2 rings (SSSR count). The van der Waals surface area contributed by atoms with E-state index in [1.54, 1.807) is 0 Å². The zero-order chi connectivity index (χ0) is 13.8. The van der Waals surface area contributed by atoms with E-state index in [-0.39, 0.29) is 5.91 Å². The Morgan fingerprint density at radius 1 is 1.42 bits per heavy atom. The molecule has 1 aromatic carbocycles. The molecule has 104 valence electrons. The molecule has 1 aliphatic heterocycles.